The van der Waals surface area contributed by atoms with Gasteiger partial charge in [0.25, 0.3) is 0 Å². The van der Waals surface area contributed by atoms with Crippen LogP contribution in [0.1, 0.15) is 52.4 Å². The van der Waals surface area contributed by atoms with E-state index in [-0.39, 0.29) is 5.75 Å². The first-order chi connectivity index (χ1) is 8.15. The predicted molar refractivity (Wildman–Crippen MR) is 72.5 cm³/mol. The molecule has 0 aromatic rings. The second-order valence-corrected chi connectivity index (χ2v) is 9.64. The molecule has 1 saturated carbocycles. The minimum absolute atomic E-state index is 0.0305. The first-order valence-electron chi connectivity index (χ1n) is 6.39. The largest absolute Gasteiger partial charge is 0.228 e. The summed E-state index contributed by atoms with van der Waals surface area (Å²) in [4.78, 5) is 0. The molecule has 0 aliphatic heterocycles. The minimum Gasteiger partial charge on any atom is -0.228 e. The zero-order valence-corrected chi connectivity index (χ0v) is 12.7. The lowest BCUT2D eigenvalue weighted by atomic mass is 10.0. The molecule has 7 heteroatoms. The SMILES string of the molecule is CCCS(=O)(=O)[C@@H]1CCCCCC1(C)S(N)(=O)=O. The van der Waals surface area contributed by atoms with Gasteiger partial charge in [-0.1, -0.05) is 26.2 Å². The third-order valence-electron chi connectivity index (χ3n) is 3.89. The van der Waals surface area contributed by atoms with Gasteiger partial charge in [0.1, 0.15) is 0 Å². The molecule has 108 valence electrons. The molecule has 0 saturated heterocycles. The molecule has 2 atom stereocenters. The van der Waals surface area contributed by atoms with Crippen molar-refractivity contribution < 1.29 is 16.8 Å². The van der Waals surface area contributed by atoms with Gasteiger partial charge in [-0.3, -0.25) is 0 Å². The van der Waals surface area contributed by atoms with E-state index >= 15 is 0 Å². The first kappa shape index (κ1) is 15.9. The normalized spacial score (nSPS) is 30.9. The summed E-state index contributed by atoms with van der Waals surface area (Å²) in [6, 6.07) is 0. The molecule has 0 amide bonds. The molecule has 0 aromatic carbocycles. The number of nitrogens with two attached hydrogens (primary N) is 1. The van der Waals surface area contributed by atoms with E-state index in [9.17, 15) is 16.8 Å². The molecule has 5 nitrogen and oxygen atoms in total. The average molecular weight is 297 g/mol. The third-order valence-corrected chi connectivity index (χ3v) is 8.43. The number of sulfone groups is 1. The summed E-state index contributed by atoms with van der Waals surface area (Å²) in [7, 11) is -7.29. The molecule has 0 heterocycles. The molecule has 1 aliphatic carbocycles. The van der Waals surface area contributed by atoms with Crippen LogP contribution in [-0.4, -0.2) is 32.6 Å². The highest BCUT2D eigenvalue weighted by Gasteiger charge is 2.50. The Morgan fingerprint density at radius 3 is 2.28 bits per heavy atom. The lowest BCUT2D eigenvalue weighted by Crippen LogP contribution is -2.53. The van der Waals surface area contributed by atoms with Gasteiger partial charge < -0.3 is 0 Å². The predicted octanol–water partition coefficient (Wildman–Crippen LogP) is 1.19. The fourth-order valence-corrected chi connectivity index (χ4v) is 6.77. The fourth-order valence-electron chi connectivity index (χ4n) is 2.76. The van der Waals surface area contributed by atoms with Crippen molar-refractivity contribution in [2.75, 3.05) is 5.75 Å². The van der Waals surface area contributed by atoms with Gasteiger partial charge in [0.15, 0.2) is 9.84 Å². The van der Waals surface area contributed by atoms with Crippen LogP contribution >= 0.6 is 0 Å². The number of sulfonamides is 1. The second-order valence-electron chi connectivity index (χ2n) is 5.31. The Hall–Kier alpha value is -0.140. The Morgan fingerprint density at radius 1 is 1.17 bits per heavy atom. The molecule has 2 N–H and O–H groups in total. The quantitative estimate of drug-likeness (QED) is 0.789. The lowest BCUT2D eigenvalue weighted by molar-refractivity contribution is 0.473. The summed E-state index contributed by atoms with van der Waals surface area (Å²) in [6.45, 7) is 3.27. The third kappa shape index (κ3) is 3.05. The first-order valence-corrected chi connectivity index (χ1v) is 9.65. The van der Waals surface area contributed by atoms with E-state index < -0.39 is 29.9 Å². The summed E-state index contributed by atoms with van der Waals surface area (Å²) in [5.74, 6) is 0.0305. The Labute approximate surface area is 110 Å². The van der Waals surface area contributed by atoms with Crippen LogP contribution in [0, 0.1) is 0 Å². The van der Waals surface area contributed by atoms with Crippen molar-refractivity contribution in [2.45, 2.75) is 62.4 Å². The molecule has 0 bridgehead atoms. The minimum atomic E-state index is -3.88. The van der Waals surface area contributed by atoms with Crippen molar-refractivity contribution in [3.8, 4) is 0 Å². The number of rotatable bonds is 4. The van der Waals surface area contributed by atoms with Crippen molar-refractivity contribution in [2.24, 2.45) is 5.14 Å². The van der Waals surface area contributed by atoms with Crippen molar-refractivity contribution >= 4 is 19.9 Å². The van der Waals surface area contributed by atoms with Gasteiger partial charge in [0, 0.05) is 0 Å². The average Bonchev–Trinajstić information content (AvgIpc) is 2.40. The Morgan fingerprint density at radius 2 is 1.78 bits per heavy atom. The highest BCUT2D eigenvalue weighted by atomic mass is 32.2. The molecular formula is C11H23NO4S2. The summed E-state index contributed by atoms with van der Waals surface area (Å²) in [6.07, 6.45) is 3.56. The molecule has 1 aliphatic rings. The van der Waals surface area contributed by atoms with Gasteiger partial charge >= 0.3 is 0 Å². The Balaban J connectivity index is 3.26. The van der Waals surface area contributed by atoms with Crippen molar-refractivity contribution in [3.05, 3.63) is 0 Å². The highest BCUT2D eigenvalue weighted by Crippen LogP contribution is 2.37. The van der Waals surface area contributed by atoms with Crippen LogP contribution < -0.4 is 5.14 Å². The van der Waals surface area contributed by atoms with Crippen LogP contribution in [0.4, 0.5) is 0 Å². The molecule has 18 heavy (non-hydrogen) atoms. The maximum Gasteiger partial charge on any atom is 0.215 e. The molecule has 0 radical (unpaired) electrons. The van der Waals surface area contributed by atoms with Crippen molar-refractivity contribution in [3.63, 3.8) is 0 Å². The van der Waals surface area contributed by atoms with Gasteiger partial charge in [0.2, 0.25) is 10.0 Å². The molecule has 1 fully saturated rings. The van der Waals surface area contributed by atoms with Gasteiger partial charge in [-0.05, 0) is 26.2 Å². The monoisotopic (exact) mass is 297 g/mol. The van der Waals surface area contributed by atoms with E-state index in [1.165, 1.54) is 6.92 Å². The standard InChI is InChI=1S/C11H23NO4S2/c1-3-9-17(13,14)10-7-5-4-6-8-11(10,2)18(12,15)16/h10H,3-9H2,1-2H3,(H2,12,15,16)/t10-,11?/m1/s1. The zero-order valence-electron chi connectivity index (χ0n) is 11.1. The summed E-state index contributed by atoms with van der Waals surface area (Å²) < 4.78 is 46.9. The fraction of sp³-hybridized carbons (Fsp3) is 1.00. The highest BCUT2D eigenvalue weighted by molar-refractivity contribution is 7.95. The maximum atomic E-state index is 12.3. The van der Waals surface area contributed by atoms with Gasteiger partial charge in [0.05, 0.1) is 15.7 Å². The van der Waals surface area contributed by atoms with E-state index in [4.69, 9.17) is 5.14 Å². The van der Waals surface area contributed by atoms with E-state index in [1.807, 2.05) is 0 Å². The topological polar surface area (TPSA) is 94.3 Å². The Bertz CT molecular complexity index is 483. The van der Waals surface area contributed by atoms with Gasteiger partial charge in [-0.15, -0.1) is 0 Å². The van der Waals surface area contributed by atoms with E-state index in [2.05, 4.69) is 0 Å². The van der Waals surface area contributed by atoms with Crippen LogP contribution in [0.2, 0.25) is 0 Å². The van der Waals surface area contributed by atoms with Crippen LogP contribution in [0.3, 0.4) is 0 Å². The smallest absolute Gasteiger partial charge is 0.215 e. The second kappa shape index (κ2) is 5.46. The van der Waals surface area contributed by atoms with Gasteiger partial charge in [-0.2, -0.15) is 0 Å². The van der Waals surface area contributed by atoms with Crippen molar-refractivity contribution in [1.82, 2.24) is 0 Å². The zero-order chi connectivity index (χ0) is 14.0. The summed E-state index contributed by atoms with van der Waals surface area (Å²) >= 11 is 0. The van der Waals surface area contributed by atoms with Crippen LogP contribution in [0.5, 0.6) is 0 Å². The van der Waals surface area contributed by atoms with Crippen LogP contribution in [0.15, 0.2) is 0 Å². The molecule has 0 spiro atoms. The van der Waals surface area contributed by atoms with E-state index in [0.29, 0.717) is 25.7 Å². The van der Waals surface area contributed by atoms with E-state index in [1.54, 1.807) is 6.92 Å². The molecule has 0 aromatic heterocycles. The summed E-state index contributed by atoms with van der Waals surface area (Å²) in [5, 5.41) is 4.45. The van der Waals surface area contributed by atoms with Crippen LogP contribution in [0.25, 0.3) is 0 Å². The summed E-state index contributed by atoms with van der Waals surface area (Å²) in [5.41, 5.74) is 0. The molecule has 1 unspecified atom stereocenters. The number of hydrogen-bond acceptors (Lipinski definition) is 4. The van der Waals surface area contributed by atoms with Crippen LogP contribution in [-0.2, 0) is 19.9 Å². The van der Waals surface area contributed by atoms with Crippen molar-refractivity contribution in [1.29, 1.82) is 0 Å². The van der Waals surface area contributed by atoms with E-state index in [0.717, 1.165) is 12.8 Å². The lowest BCUT2D eigenvalue weighted by Gasteiger charge is -2.33. The Kier molecular flexibility index (Phi) is 4.83. The number of primary sulfonamides is 1. The number of hydrogen-bond donors (Lipinski definition) is 1. The maximum absolute atomic E-state index is 12.3. The molecule has 1 rings (SSSR count). The van der Waals surface area contributed by atoms with Gasteiger partial charge in [-0.25, -0.2) is 22.0 Å². The molecular weight excluding hydrogens is 274 g/mol.